The van der Waals surface area contributed by atoms with Gasteiger partial charge in [0.25, 0.3) is 0 Å². The lowest BCUT2D eigenvalue weighted by Crippen LogP contribution is -2.29. The first-order valence-corrected chi connectivity index (χ1v) is 6.56. The van der Waals surface area contributed by atoms with Crippen molar-refractivity contribution in [3.05, 3.63) is 41.2 Å². The van der Waals surface area contributed by atoms with Gasteiger partial charge < -0.3 is 5.11 Å². The van der Waals surface area contributed by atoms with Crippen LogP contribution in [0.3, 0.4) is 0 Å². The third kappa shape index (κ3) is 4.48. The summed E-state index contributed by atoms with van der Waals surface area (Å²) in [4.78, 5) is 12.8. The number of piperidine rings is 1. The zero-order valence-corrected chi connectivity index (χ0v) is 10.8. The standard InChI is InChI=1S/C15H18FNO2/c16-14-9-12(4-5-15(18)19)8-13(10-14)11-17-6-2-1-3-7-17/h4-5,8-10H,1-3,6-7,11H2,(H,18,19). The smallest absolute Gasteiger partial charge is 0.328 e. The van der Waals surface area contributed by atoms with Crippen molar-refractivity contribution in [3.8, 4) is 0 Å². The molecule has 0 unspecified atom stereocenters. The molecule has 0 saturated carbocycles. The molecule has 102 valence electrons. The Kier molecular flexibility index (Phi) is 4.68. The molecular formula is C15H18FNO2. The third-order valence-corrected chi connectivity index (χ3v) is 3.25. The van der Waals surface area contributed by atoms with E-state index >= 15 is 0 Å². The van der Waals surface area contributed by atoms with Gasteiger partial charge in [0.15, 0.2) is 0 Å². The summed E-state index contributed by atoms with van der Waals surface area (Å²) in [6, 6.07) is 4.71. The molecule has 0 atom stereocenters. The fraction of sp³-hybridized carbons (Fsp3) is 0.400. The Morgan fingerprint density at radius 1 is 1.26 bits per heavy atom. The quantitative estimate of drug-likeness (QED) is 0.849. The third-order valence-electron chi connectivity index (χ3n) is 3.25. The highest BCUT2D eigenvalue weighted by Gasteiger charge is 2.11. The van der Waals surface area contributed by atoms with Gasteiger partial charge in [0.05, 0.1) is 0 Å². The van der Waals surface area contributed by atoms with Crippen LogP contribution in [0.15, 0.2) is 24.3 Å². The zero-order valence-electron chi connectivity index (χ0n) is 10.8. The molecule has 0 radical (unpaired) electrons. The molecule has 1 aliphatic heterocycles. The van der Waals surface area contributed by atoms with Gasteiger partial charge in [0, 0.05) is 12.6 Å². The first-order valence-electron chi connectivity index (χ1n) is 6.56. The van der Waals surface area contributed by atoms with Gasteiger partial charge in [-0.25, -0.2) is 9.18 Å². The lowest BCUT2D eigenvalue weighted by atomic mass is 10.1. The predicted molar refractivity (Wildman–Crippen MR) is 72.2 cm³/mol. The van der Waals surface area contributed by atoms with Crippen molar-refractivity contribution in [2.75, 3.05) is 13.1 Å². The minimum absolute atomic E-state index is 0.320. The highest BCUT2D eigenvalue weighted by molar-refractivity contribution is 5.85. The van der Waals surface area contributed by atoms with E-state index in [0.29, 0.717) is 5.56 Å². The highest BCUT2D eigenvalue weighted by atomic mass is 19.1. The van der Waals surface area contributed by atoms with Crippen molar-refractivity contribution in [1.82, 2.24) is 4.90 Å². The second-order valence-corrected chi connectivity index (χ2v) is 4.90. The monoisotopic (exact) mass is 263 g/mol. The molecule has 19 heavy (non-hydrogen) atoms. The Morgan fingerprint density at radius 3 is 2.68 bits per heavy atom. The molecule has 4 heteroatoms. The summed E-state index contributed by atoms with van der Waals surface area (Å²) in [5.41, 5.74) is 1.49. The molecule has 0 aromatic heterocycles. The molecule has 2 rings (SSSR count). The largest absolute Gasteiger partial charge is 0.478 e. The van der Waals surface area contributed by atoms with Crippen molar-refractivity contribution in [3.63, 3.8) is 0 Å². The minimum Gasteiger partial charge on any atom is -0.478 e. The normalized spacial score (nSPS) is 16.9. The van der Waals surface area contributed by atoms with Gasteiger partial charge in [-0.05, 0) is 55.3 Å². The van der Waals surface area contributed by atoms with Crippen molar-refractivity contribution < 1.29 is 14.3 Å². The summed E-state index contributed by atoms with van der Waals surface area (Å²) in [5.74, 6) is -1.35. The van der Waals surface area contributed by atoms with Gasteiger partial charge in [0.2, 0.25) is 0 Å². The molecular weight excluding hydrogens is 245 g/mol. The van der Waals surface area contributed by atoms with E-state index in [2.05, 4.69) is 4.90 Å². The molecule has 0 amide bonds. The first kappa shape index (κ1) is 13.7. The van der Waals surface area contributed by atoms with Crippen molar-refractivity contribution >= 4 is 12.0 Å². The lowest BCUT2D eigenvalue weighted by molar-refractivity contribution is -0.131. The molecule has 0 bridgehead atoms. The topological polar surface area (TPSA) is 40.5 Å². The molecule has 1 aromatic carbocycles. The van der Waals surface area contributed by atoms with E-state index in [1.165, 1.54) is 37.5 Å². The van der Waals surface area contributed by atoms with Crippen molar-refractivity contribution in [2.45, 2.75) is 25.8 Å². The summed E-state index contributed by atoms with van der Waals surface area (Å²) in [7, 11) is 0. The van der Waals surface area contributed by atoms with Gasteiger partial charge >= 0.3 is 5.97 Å². The van der Waals surface area contributed by atoms with Crippen LogP contribution in [0.4, 0.5) is 4.39 Å². The van der Waals surface area contributed by atoms with Gasteiger partial charge in [0.1, 0.15) is 5.82 Å². The van der Waals surface area contributed by atoms with E-state index in [-0.39, 0.29) is 5.82 Å². The van der Waals surface area contributed by atoms with E-state index in [0.717, 1.165) is 31.3 Å². The van der Waals surface area contributed by atoms with Gasteiger partial charge in [-0.1, -0.05) is 12.5 Å². The van der Waals surface area contributed by atoms with Crippen LogP contribution in [0.1, 0.15) is 30.4 Å². The number of carboxylic acids is 1. The molecule has 1 N–H and O–H groups in total. The Balaban J connectivity index is 2.09. The zero-order chi connectivity index (χ0) is 13.7. The maximum atomic E-state index is 13.5. The number of rotatable bonds is 4. The summed E-state index contributed by atoms with van der Waals surface area (Å²) in [5, 5.41) is 8.59. The summed E-state index contributed by atoms with van der Waals surface area (Å²) in [6.07, 6.45) is 6.11. The van der Waals surface area contributed by atoms with E-state index in [9.17, 15) is 9.18 Å². The van der Waals surface area contributed by atoms with Crippen LogP contribution < -0.4 is 0 Å². The van der Waals surface area contributed by atoms with E-state index in [4.69, 9.17) is 5.11 Å². The molecule has 1 aromatic rings. The average Bonchev–Trinajstić information content (AvgIpc) is 2.37. The minimum atomic E-state index is -1.03. The number of nitrogens with zero attached hydrogens (tertiary/aromatic N) is 1. The molecule has 1 saturated heterocycles. The summed E-state index contributed by atoms with van der Waals surface area (Å²) in [6.45, 7) is 2.83. The van der Waals surface area contributed by atoms with Crippen molar-refractivity contribution in [2.24, 2.45) is 0 Å². The Hall–Kier alpha value is -1.68. The molecule has 0 aliphatic carbocycles. The fourth-order valence-electron chi connectivity index (χ4n) is 2.41. The predicted octanol–water partition coefficient (Wildman–Crippen LogP) is 2.91. The van der Waals surface area contributed by atoms with Gasteiger partial charge in [-0.3, -0.25) is 4.90 Å². The van der Waals surface area contributed by atoms with Crippen LogP contribution in [-0.2, 0) is 11.3 Å². The number of aliphatic carboxylic acids is 1. The van der Waals surface area contributed by atoms with Gasteiger partial charge in [-0.15, -0.1) is 0 Å². The Bertz CT molecular complexity index is 479. The number of halogens is 1. The Morgan fingerprint density at radius 2 is 2.00 bits per heavy atom. The second kappa shape index (κ2) is 6.48. The highest BCUT2D eigenvalue weighted by Crippen LogP contribution is 2.16. The second-order valence-electron chi connectivity index (χ2n) is 4.90. The number of hydrogen-bond donors (Lipinski definition) is 1. The van der Waals surface area contributed by atoms with E-state index in [1.807, 2.05) is 6.07 Å². The fourth-order valence-corrected chi connectivity index (χ4v) is 2.41. The SMILES string of the molecule is O=C(O)C=Cc1cc(F)cc(CN2CCCCC2)c1. The Labute approximate surface area is 112 Å². The maximum absolute atomic E-state index is 13.5. The first-order chi connectivity index (χ1) is 9.13. The molecule has 0 spiro atoms. The van der Waals surface area contributed by atoms with E-state index < -0.39 is 5.97 Å². The van der Waals surface area contributed by atoms with E-state index in [1.54, 1.807) is 0 Å². The molecule has 1 heterocycles. The van der Waals surface area contributed by atoms with Crippen LogP contribution >= 0.6 is 0 Å². The van der Waals surface area contributed by atoms with Crippen LogP contribution in [0.25, 0.3) is 6.08 Å². The lowest BCUT2D eigenvalue weighted by Gasteiger charge is -2.26. The number of benzene rings is 1. The van der Waals surface area contributed by atoms with Crippen LogP contribution in [-0.4, -0.2) is 29.1 Å². The molecule has 1 aliphatic rings. The maximum Gasteiger partial charge on any atom is 0.328 e. The molecule has 3 nitrogen and oxygen atoms in total. The number of carboxylic acid groups (broad SMARTS) is 1. The summed E-state index contributed by atoms with van der Waals surface area (Å²) < 4.78 is 13.5. The number of hydrogen-bond acceptors (Lipinski definition) is 2. The van der Waals surface area contributed by atoms with Crippen LogP contribution in [0.2, 0.25) is 0 Å². The molecule has 1 fully saturated rings. The average molecular weight is 263 g/mol. The van der Waals surface area contributed by atoms with Crippen LogP contribution in [0, 0.1) is 5.82 Å². The summed E-state index contributed by atoms with van der Waals surface area (Å²) >= 11 is 0. The van der Waals surface area contributed by atoms with Gasteiger partial charge in [-0.2, -0.15) is 0 Å². The van der Waals surface area contributed by atoms with Crippen LogP contribution in [0.5, 0.6) is 0 Å². The number of carbonyl (C=O) groups is 1. The number of likely N-dealkylation sites (tertiary alicyclic amines) is 1. The van der Waals surface area contributed by atoms with Crippen molar-refractivity contribution in [1.29, 1.82) is 0 Å².